The fraction of sp³-hybridized carbons (Fsp3) is 0.429. The van der Waals surface area contributed by atoms with Crippen molar-refractivity contribution in [3.8, 4) is 0 Å². The van der Waals surface area contributed by atoms with Gasteiger partial charge in [0.1, 0.15) is 6.17 Å². The van der Waals surface area contributed by atoms with Crippen LogP contribution in [0.1, 0.15) is 17.9 Å². The highest BCUT2D eigenvalue weighted by Gasteiger charge is 2.69. The van der Waals surface area contributed by atoms with Crippen molar-refractivity contribution in [1.29, 1.82) is 0 Å². The van der Waals surface area contributed by atoms with Crippen LogP contribution in [0.3, 0.4) is 0 Å². The Bertz CT molecular complexity index is 697. The number of para-hydroxylation sites is 1. The maximum absolute atomic E-state index is 12.8. The minimum absolute atomic E-state index is 0.0636. The molecule has 4 atom stereocenters. The lowest BCUT2D eigenvalue weighted by Gasteiger charge is -2.52. The predicted octanol–water partition coefficient (Wildman–Crippen LogP) is 1.64. The van der Waals surface area contributed by atoms with Gasteiger partial charge in [-0.2, -0.15) is 0 Å². The molecule has 1 spiro atoms. The molecular weight excluding hydrogens is 306 g/mol. The van der Waals surface area contributed by atoms with E-state index in [9.17, 15) is 9.59 Å². The fourth-order valence-corrected chi connectivity index (χ4v) is 7.44. The van der Waals surface area contributed by atoms with Crippen molar-refractivity contribution in [2.75, 3.05) is 12.4 Å². The second kappa shape index (κ2) is 3.70. The van der Waals surface area contributed by atoms with Crippen molar-refractivity contribution >= 4 is 39.1 Å². The molecule has 0 aliphatic carbocycles. The Labute approximate surface area is 129 Å². The SMILES string of the molecule is CN1C(=O)C23CC4c5ccccc5NC4N2C(=O)C1SS3. The molecule has 1 aromatic rings. The van der Waals surface area contributed by atoms with Gasteiger partial charge in [-0.15, -0.1) is 0 Å². The molecule has 1 N–H and O–H groups in total. The number of benzene rings is 1. The maximum Gasteiger partial charge on any atom is 0.261 e. The molecule has 4 fully saturated rings. The molecule has 5 aliphatic heterocycles. The summed E-state index contributed by atoms with van der Waals surface area (Å²) < 4.78 is 0. The molecule has 0 saturated carbocycles. The summed E-state index contributed by atoms with van der Waals surface area (Å²) in [6.45, 7) is 0. The molecule has 7 heteroatoms. The lowest BCUT2D eigenvalue weighted by molar-refractivity contribution is -0.157. The van der Waals surface area contributed by atoms with Gasteiger partial charge in [0.15, 0.2) is 10.2 Å². The van der Waals surface area contributed by atoms with Crippen LogP contribution in [0.2, 0.25) is 0 Å². The van der Waals surface area contributed by atoms with Crippen molar-refractivity contribution < 1.29 is 9.59 Å². The van der Waals surface area contributed by atoms with Crippen LogP contribution < -0.4 is 5.32 Å². The zero-order chi connectivity index (χ0) is 14.4. The standard InChI is InChI=1S/C14H13N3O2S2/c1-16-12-11(18)17-10-8(6-14(17,13(16)19)21-20-12)7-4-2-3-5-9(7)15-10/h2-5,8,10,12,15H,6H2,1H3. The Kier molecular flexibility index (Phi) is 2.15. The van der Waals surface area contributed by atoms with Crippen LogP contribution in [0.4, 0.5) is 5.69 Å². The molecule has 5 aliphatic rings. The number of rotatable bonds is 0. The van der Waals surface area contributed by atoms with Gasteiger partial charge in [0.05, 0.1) is 0 Å². The van der Waals surface area contributed by atoms with Gasteiger partial charge in [0.25, 0.3) is 11.8 Å². The van der Waals surface area contributed by atoms with Crippen molar-refractivity contribution in [2.45, 2.75) is 28.7 Å². The number of piperazine rings is 1. The molecule has 5 heterocycles. The Morgan fingerprint density at radius 3 is 3.00 bits per heavy atom. The van der Waals surface area contributed by atoms with Crippen LogP contribution in [-0.2, 0) is 9.59 Å². The molecule has 2 amide bonds. The van der Waals surface area contributed by atoms with Crippen molar-refractivity contribution in [3.63, 3.8) is 0 Å². The van der Waals surface area contributed by atoms with Gasteiger partial charge in [-0.1, -0.05) is 39.8 Å². The molecule has 0 radical (unpaired) electrons. The molecule has 6 rings (SSSR count). The van der Waals surface area contributed by atoms with E-state index in [1.54, 1.807) is 22.7 Å². The number of carbonyl (C=O) groups excluding carboxylic acids is 2. The number of hydrogen-bond acceptors (Lipinski definition) is 5. The average Bonchev–Trinajstić information content (AvgIpc) is 2.99. The third-order valence-corrected chi connectivity index (χ3v) is 8.21. The van der Waals surface area contributed by atoms with E-state index in [1.165, 1.54) is 16.4 Å². The van der Waals surface area contributed by atoms with E-state index in [4.69, 9.17) is 0 Å². The van der Waals surface area contributed by atoms with E-state index in [0.29, 0.717) is 6.42 Å². The normalized spacial score (nSPS) is 39.2. The van der Waals surface area contributed by atoms with Crippen LogP contribution in [0.5, 0.6) is 0 Å². The molecule has 4 unspecified atom stereocenters. The number of fused-ring (bicyclic) bond motifs is 5. The van der Waals surface area contributed by atoms with Gasteiger partial charge in [-0.25, -0.2) is 0 Å². The Morgan fingerprint density at radius 1 is 1.33 bits per heavy atom. The molecular formula is C14H13N3O2S2. The van der Waals surface area contributed by atoms with Gasteiger partial charge in [-0.05, 0) is 11.6 Å². The van der Waals surface area contributed by atoms with E-state index < -0.39 is 4.87 Å². The fourth-order valence-electron chi connectivity index (χ4n) is 3.98. The summed E-state index contributed by atoms with van der Waals surface area (Å²) in [5.41, 5.74) is 2.32. The first kappa shape index (κ1) is 12.2. The predicted molar refractivity (Wildman–Crippen MR) is 82.5 cm³/mol. The summed E-state index contributed by atoms with van der Waals surface area (Å²) in [6, 6.07) is 8.16. The monoisotopic (exact) mass is 319 g/mol. The molecule has 4 saturated heterocycles. The lowest BCUT2D eigenvalue weighted by Crippen LogP contribution is -2.70. The lowest BCUT2D eigenvalue weighted by atomic mass is 9.95. The van der Waals surface area contributed by atoms with Crippen LogP contribution in [-0.4, -0.2) is 45.1 Å². The third kappa shape index (κ3) is 1.24. The van der Waals surface area contributed by atoms with E-state index in [2.05, 4.69) is 11.4 Å². The van der Waals surface area contributed by atoms with Gasteiger partial charge >= 0.3 is 0 Å². The first-order valence-electron chi connectivity index (χ1n) is 6.94. The number of likely N-dealkylation sites (N-methyl/N-ethyl adjacent to an activating group) is 1. The summed E-state index contributed by atoms with van der Waals surface area (Å²) in [7, 11) is 4.83. The molecule has 1 aromatic carbocycles. The minimum atomic E-state index is -0.721. The maximum atomic E-state index is 12.8. The molecule has 21 heavy (non-hydrogen) atoms. The summed E-state index contributed by atoms with van der Waals surface area (Å²) in [6.07, 6.45) is 0.615. The van der Waals surface area contributed by atoms with E-state index in [1.807, 2.05) is 23.1 Å². The summed E-state index contributed by atoms with van der Waals surface area (Å²) in [5, 5.41) is 3.07. The zero-order valence-electron chi connectivity index (χ0n) is 11.3. The highest BCUT2D eigenvalue weighted by Crippen LogP contribution is 2.63. The van der Waals surface area contributed by atoms with Crippen molar-refractivity contribution in [2.24, 2.45) is 0 Å². The van der Waals surface area contributed by atoms with E-state index in [-0.39, 0.29) is 29.3 Å². The number of nitrogens with zero attached hydrogens (tertiary/aromatic N) is 2. The number of amides is 2. The van der Waals surface area contributed by atoms with Gasteiger partial charge in [-0.3, -0.25) is 14.5 Å². The van der Waals surface area contributed by atoms with E-state index >= 15 is 0 Å². The van der Waals surface area contributed by atoms with Gasteiger partial charge in [0.2, 0.25) is 0 Å². The minimum Gasteiger partial charge on any atom is -0.364 e. The summed E-state index contributed by atoms with van der Waals surface area (Å²) >= 11 is 0. The van der Waals surface area contributed by atoms with Crippen LogP contribution in [0, 0.1) is 0 Å². The number of anilines is 1. The zero-order valence-corrected chi connectivity index (χ0v) is 12.9. The highest BCUT2D eigenvalue weighted by atomic mass is 33.1. The second-order valence-electron chi connectivity index (χ2n) is 5.93. The smallest absolute Gasteiger partial charge is 0.261 e. The van der Waals surface area contributed by atoms with E-state index in [0.717, 1.165) is 5.69 Å². The van der Waals surface area contributed by atoms with Gasteiger partial charge < -0.3 is 10.2 Å². The molecule has 108 valence electrons. The Balaban J connectivity index is 1.66. The first-order chi connectivity index (χ1) is 10.1. The highest BCUT2D eigenvalue weighted by molar-refractivity contribution is 8.78. The van der Waals surface area contributed by atoms with Crippen LogP contribution >= 0.6 is 21.6 Å². The summed E-state index contributed by atoms with van der Waals surface area (Å²) in [4.78, 5) is 28.2. The number of nitrogens with one attached hydrogen (secondary N) is 1. The van der Waals surface area contributed by atoms with Crippen molar-refractivity contribution in [1.82, 2.24) is 9.80 Å². The molecule has 5 nitrogen and oxygen atoms in total. The Hall–Kier alpha value is -1.34. The first-order valence-corrected chi connectivity index (χ1v) is 9.15. The van der Waals surface area contributed by atoms with Crippen molar-refractivity contribution in [3.05, 3.63) is 29.8 Å². The van der Waals surface area contributed by atoms with Gasteiger partial charge in [0, 0.05) is 25.1 Å². The number of carbonyl (C=O) groups is 2. The Morgan fingerprint density at radius 2 is 2.14 bits per heavy atom. The average molecular weight is 319 g/mol. The second-order valence-corrected chi connectivity index (χ2v) is 8.49. The molecule has 0 aromatic heterocycles. The summed E-state index contributed by atoms with van der Waals surface area (Å²) in [5.74, 6) is 0.339. The quantitative estimate of drug-likeness (QED) is 0.737. The topological polar surface area (TPSA) is 52.7 Å². The largest absolute Gasteiger partial charge is 0.364 e. The molecule has 2 bridgehead atoms. The van der Waals surface area contributed by atoms with Crippen LogP contribution in [0.15, 0.2) is 24.3 Å². The third-order valence-electron chi connectivity index (χ3n) is 4.94. The van der Waals surface area contributed by atoms with Crippen LogP contribution in [0.25, 0.3) is 0 Å². The number of hydrogen-bond donors (Lipinski definition) is 1.